The number of pyridine rings is 1. The molecule has 4 rings (SSSR count). The first-order valence-electron chi connectivity index (χ1n) is 8.93. The molecule has 0 bridgehead atoms. The first kappa shape index (κ1) is 16.9. The van der Waals surface area contributed by atoms with Crippen molar-refractivity contribution in [2.45, 2.75) is 6.42 Å². The highest BCUT2D eigenvalue weighted by Gasteiger charge is 2.14. The van der Waals surface area contributed by atoms with Gasteiger partial charge in [0, 0.05) is 16.8 Å². The maximum Gasteiger partial charge on any atom is 0.0471 e. The third kappa shape index (κ3) is 3.40. The summed E-state index contributed by atoms with van der Waals surface area (Å²) in [6, 6.07) is 30.0. The van der Waals surface area contributed by atoms with E-state index in [1.165, 1.54) is 0 Å². The molecule has 0 unspecified atom stereocenters. The third-order valence-corrected chi connectivity index (χ3v) is 4.65. The number of rotatable bonds is 4. The van der Waals surface area contributed by atoms with Crippen molar-refractivity contribution in [3.63, 3.8) is 0 Å². The molecule has 0 radical (unpaired) electrons. The van der Waals surface area contributed by atoms with Gasteiger partial charge in [0.25, 0.3) is 0 Å². The Kier molecular flexibility index (Phi) is 4.58. The molecule has 0 aliphatic heterocycles. The van der Waals surface area contributed by atoms with Crippen molar-refractivity contribution >= 4 is 11.5 Å². The number of nitrogens with zero attached hydrogens (tertiary/aromatic N) is 1. The number of benzene rings is 3. The highest BCUT2D eigenvalue weighted by molar-refractivity contribution is 5.95. The van der Waals surface area contributed by atoms with Crippen LogP contribution in [0.3, 0.4) is 0 Å². The molecule has 0 fully saturated rings. The summed E-state index contributed by atoms with van der Waals surface area (Å²) in [5.41, 5.74) is 21.3. The van der Waals surface area contributed by atoms with E-state index in [4.69, 9.17) is 11.5 Å². The Morgan fingerprint density at radius 3 is 1.70 bits per heavy atom. The van der Waals surface area contributed by atoms with Crippen LogP contribution in [0.15, 0.2) is 91.0 Å². The van der Waals surface area contributed by atoms with E-state index < -0.39 is 0 Å². The number of aromatic nitrogens is 1. The standard InChI is InChI=1S/C24H20N3/c25-23-21(18-12-6-2-7-13-18)20(16-17-10-4-1-5-11-17)27-24(26)22(23)19-14-8-3-9-15-19/h1-15H,16H2,(H3-,25,26,27)/q-1. The number of anilines is 1. The van der Waals surface area contributed by atoms with E-state index >= 15 is 0 Å². The van der Waals surface area contributed by atoms with Crippen molar-refractivity contribution in [1.29, 1.82) is 0 Å². The van der Waals surface area contributed by atoms with Crippen LogP contribution in [0.25, 0.3) is 28.0 Å². The van der Waals surface area contributed by atoms with Gasteiger partial charge < -0.3 is 16.5 Å². The number of nitrogens with two attached hydrogens (primary N) is 1. The highest BCUT2D eigenvalue weighted by atomic mass is 14.9. The zero-order chi connectivity index (χ0) is 18.6. The first-order chi connectivity index (χ1) is 13.2. The highest BCUT2D eigenvalue weighted by Crippen LogP contribution is 2.42. The second kappa shape index (κ2) is 7.34. The van der Waals surface area contributed by atoms with Gasteiger partial charge in [-0.2, -0.15) is 0 Å². The van der Waals surface area contributed by atoms with Gasteiger partial charge in [0.2, 0.25) is 0 Å². The average molecular weight is 350 g/mol. The second-order valence-electron chi connectivity index (χ2n) is 6.47. The fraction of sp³-hybridized carbons (Fsp3) is 0.0417. The molecular formula is C24H20N3-. The van der Waals surface area contributed by atoms with Crippen LogP contribution >= 0.6 is 0 Å². The van der Waals surface area contributed by atoms with Crippen LogP contribution in [0.1, 0.15) is 11.3 Å². The Hall–Kier alpha value is -3.59. The number of hydrogen-bond donors (Lipinski definition) is 1. The molecule has 3 N–H and O–H groups in total. The summed E-state index contributed by atoms with van der Waals surface area (Å²) in [4.78, 5) is 4.67. The molecule has 1 aromatic heterocycles. The van der Waals surface area contributed by atoms with E-state index in [2.05, 4.69) is 17.1 Å². The van der Waals surface area contributed by atoms with Gasteiger partial charge in [-0.3, -0.25) is 0 Å². The molecule has 3 heteroatoms. The maximum atomic E-state index is 8.52. The Bertz CT molecular complexity index is 1040. The topological polar surface area (TPSA) is 62.7 Å². The summed E-state index contributed by atoms with van der Waals surface area (Å²) in [5, 5.41) is 0. The average Bonchev–Trinajstić information content (AvgIpc) is 2.70. The van der Waals surface area contributed by atoms with E-state index in [0.29, 0.717) is 17.7 Å². The minimum absolute atomic E-state index is 0.212. The van der Waals surface area contributed by atoms with E-state index in [1.54, 1.807) is 0 Å². The first-order valence-corrected chi connectivity index (χ1v) is 8.93. The Labute approximate surface area is 159 Å². The van der Waals surface area contributed by atoms with Gasteiger partial charge in [-0.15, -0.1) is 0 Å². The summed E-state index contributed by atoms with van der Waals surface area (Å²) in [6.07, 6.45) is 0.635. The van der Waals surface area contributed by atoms with E-state index in [0.717, 1.165) is 27.9 Å². The lowest BCUT2D eigenvalue weighted by Gasteiger charge is -2.24. The van der Waals surface area contributed by atoms with Gasteiger partial charge >= 0.3 is 0 Å². The van der Waals surface area contributed by atoms with Crippen molar-refractivity contribution in [1.82, 2.24) is 4.98 Å². The SMILES string of the molecule is [NH-]c1nc(Cc2ccccc2)c(-c2ccccc2)c(N)c1-c1ccccc1. The predicted molar refractivity (Wildman–Crippen MR) is 113 cm³/mol. The molecule has 3 aromatic carbocycles. The Morgan fingerprint density at radius 1 is 0.667 bits per heavy atom. The molecule has 0 atom stereocenters. The number of nitrogen functional groups attached to an aromatic ring is 1. The third-order valence-electron chi connectivity index (χ3n) is 4.65. The van der Waals surface area contributed by atoms with E-state index in [1.807, 2.05) is 78.9 Å². The van der Waals surface area contributed by atoms with Gasteiger partial charge in [0.05, 0.1) is 0 Å². The van der Waals surface area contributed by atoms with Crippen LogP contribution in [0.5, 0.6) is 0 Å². The van der Waals surface area contributed by atoms with Crippen molar-refractivity contribution in [2.24, 2.45) is 0 Å². The van der Waals surface area contributed by atoms with Gasteiger partial charge in [-0.1, -0.05) is 103 Å². The van der Waals surface area contributed by atoms with Crippen molar-refractivity contribution in [2.75, 3.05) is 5.73 Å². The Balaban J connectivity index is 1.94. The van der Waals surface area contributed by atoms with Crippen LogP contribution in [0.4, 0.5) is 11.5 Å². The van der Waals surface area contributed by atoms with Crippen LogP contribution in [-0.2, 0) is 6.42 Å². The second-order valence-corrected chi connectivity index (χ2v) is 6.47. The van der Waals surface area contributed by atoms with Crippen LogP contribution in [-0.4, -0.2) is 4.98 Å². The van der Waals surface area contributed by atoms with E-state index in [9.17, 15) is 0 Å². The molecule has 1 heterocycles. The summed E-state index contributed by atoms with van der Waals surface area (Å²) in [6.45, 7) is 0. The van der Waals surface area contributed by atoms with Gasteiger partial charge in [-0.05, 0) is 23.1 Å². The zero-order valence-electron chi connectivity index (χ0n) is 14.9. The summed E-state index contributed by atoms with van der Waals surface area (Å²) in [5.74, 6) is 0.212. The molecule has 0 saturated heterocycles. The van der Waals surface area contributed by atoms with E-state index in [-0.39, 0.29) is 5.82 Å². The maximum absolute atomic E-state index is 8.52. The minimum atomic E-state index is 0.212. The molecule has 0 spiro atoms. The lowest BCUT2D eigenvalue weighted by molar-refractivity contribution is 1.09. The monoisotopic (exact) mass is 350 g/mol. The largest absolute Gasteiger partial charge is 0.481 e. The molecule has 4 aromatic rings. The molecular weight excluding hydrogens is 330 g/mol. The molecule has 0 aliphatic rings. The number of hydrogen-bond acceptors (Lipinski definition) is 2. The fourth-order valence-electron chi connectivity index (χ4n) is 3.40. The smallest absolute Gasteiger partial charge is 0.0471 e. The summed E-state index contributed by atoms with van der Waals surface area (Å²) < 4.78 is 0. The van der Waals surface area contributed by atoms with Crippen molar-refractivity contribution < 1.29 is 0 Å². The lowest BCUT2D eigenvalue weighted by Crippen LogP contribution is -2.03. The van der Waals surface area contributed by atoms with Gasteiger partial charge in [-0.25, -0.2) is 0 Å². The Morgan fingerprint density at radius 2 is 1.15 bits per heavy atom. The van der Waals surface area contributed by atoms with Crippen molar-refractivity contribution in [3.05, 3.63) is 108 Å². The quantitative estimate of drug-likeness (QED) is 0.471. The lowest BCUT2D eigenvalue weighted by atomic mass is 9.93. The molecule has 3 nitrogen and oxygen atoms in total. The predicted octanol–water partition coefficient (Wildman–Crippen LogP) is 6.27. The summed E-state index contributed by atoms with van der Waals surface area (Å²) >= 11 is 0. The fourth-order valence-corrected chi connectivity index (χ4v) is 3.40. The van der Waals surface area contributed by atoms with Crippen LogP contribution in [0.2, 0.25) is 0 Å². The van der Waals surface area contributed by atoms with Gasteiger partial charge in [0.15, 0.2) is 0 Å². The summed E-state index contributed by atoms with van der Waals surface area (Å²) in [7, 11) is 0. The molecule has 132 valence electrons. The van der Waals surface area contributed by atoms with Crippen LogP contribution < -0.4 is 5.73 Å². The van der Waals surface area contributed by atoms with Gasteiger partial charge in [0.1, 0.15) is 0 Å². The zero-order valence-corrected chi connectivity index (χ0v) is 14.9. The molecule has 0 saturated carbocycles. The van der Waals surface area contributed by atoms with Crippen LogP contribution in [0, 0.1) is 0 Å². The molecule has 0 amide bonds. The number of nitrogens with one attached hydrogen (secondary N) is 1. The van der Waals surface area contributed by atoms with Crippen molar-refractivity contribution in [3.8, 4) is 22.3 Å². The minimum Gasteiger partial charge on any atom is -0.481 e. The normalized spacial score (nSPS) is 10.7. The molecule has 0 aliphatic carbocycles. The molecule has 27 heavy (non-hydrogen) atoms.